The van der Waals surface area contributed by atoms with Gasteiger partial charge in [-0.15, -0.1) is 0 Å². The molecule has 1 amide bonds. The molecule has 0 saturated carbocycles. The molecule has 4 aromatic rings. The van der Waals surface area contributed by atoms with Crippen molar-refractivity contribution >= 4 is 57.6 Å². The van der Waals surface area contributed by atoms with Crippen molar-refractivity contribution in [2.45, 2.75) is 13.0 Å². The Labute approximate surface area is 209 Å². The van der Waals surface area contributed by atoms with E-state index in [1.54, 1.807) is 18.2 Å². The van der Waals surface area contributed by atoms with E-state index in [0.717, 1.165) is 5.56 Å². The second kappa shape index (κ2) is 8.72. The predicted molar refractivity (Wildman–Crippen MR) is 133 cm³/mol. The average molecular weight is 509 g/mol. The minimum absolute atomic E-state index is 0.0733. The summed E-state index contributed by atoms with van der Waals surface area (Å²) in [6.07, 6.45) is 1.54. The monoisotopic (exact) mass is 508 g/mol. The van der Waals surface area contributed by atoms with Crippen molar-refractivity contribution < 1.29 is 19.4 Å². The number of pyridine rings is 1. The van der Waals surface area contributed by atoms with Crippen molar-refractivity contribution in [3.8, 4) is 5.75 Å². The SMILES string of the molecule is COc1c(Cl)cc(Cl)cc1/C(O)=C1\C(=O)C(=O)N(c2nc3ccc(C)cc3[nH]2)C1c1ccccn1. The number of nitrogens with one attached hydrogen (secondary N) is 1. The van der Waals surface area contributed by atoms with Crippen LogP contribution >= 0.6 is 23.2 Å². The second-order valence-electron chi connectivity index (χ2n) is 7.97. The fourth-order valence-electron chi connectivity index (χ4n) is 4.18. The van der Waals surface area contributed by atoms with Gasteiger partial charge in [-0.25, -0.2) is 4.98 Å². The van der Waals surface area contributed by atoms with Crippen LogP contribution in [0.25, 0.3) is 16.8 Å². The molecule has 0 radical (unpaired) electrons. The molecule has 10 heteroatoms. The van der Waals surface area contributed by atoms with E-state index < -0.39 is 23.5 Å². The lowest BCUT2D eigenvalue weighted by Gasteiger charge is -2.22. The lowest BCUT2D eigenvalue weighted by atomic mass is 9.98. The van der Waals surface area contributed by atoms with E-state index in [9.17, 15) is 14.7 Å². The van der Waals surface area contributed by atoms with Gasteiger partial charge in [0.1, 0.15) is 17.6 Å². The summed E-state index contributed by atoms with van der Waals surface area (Å²) in [6, 6.07) is 12.5. The van der Waals surface area contributed by atoms with Crippen LogP contribution in [-0.4, -0.2) is 38.9 Å². The van der Waals surface area contributed by atoms with E-state index in [2.05, 4.69) is 15.0 Å². The van der Waals surface area contributed by atoms with E-state index in [4.69, 9.17) is 27.9 Å². The maximum absolute atomic E-state index is 13.3. The van der Waals surface area contributed by atoms with Crippen molar-refractivity contribution in [3.63, 3.8) is 0 Å². The van der Waals surface area contributed by atoms with Gasteiger partial charge in [0.15, 0.2) is 0 Å². The van der Waals surface area contributed by atoms with Crippen LogP contribution in [0.3, 0.4) is 0 Å². The molecule has 1 unspecified atom stereocenters. The van der Waals surface area contributed by atoms with Crippen LogP contribution in [-0.2, 0) is 9.59 Å². The predicted octanol–water partition coefficient (Wildman–Crippen LogP) is 5.21. The Kier molecular flexibility index (Phi) is 5.70. The lowest BCUT2D eigenvalue weighted by Crippen LogP contribution is -2.30. The number of benzene rings is 2. The largest absolute Gasteiger partial charge is 0.507 e. The molecule has 1 aliphatic heterocycles. The molecule has 1 atom stereocenters. The number of amides is 1. The van der Waals surface area contributed by atoms with Gasteiger partial charge in [-0.3, -0.25) is 19.5 Å². The van der Waals surface area contributed by atoms with Crippen molar-refractivity contribution in [1.29, 1.82) is 0 Å². The number of halogens is 2. The smallest absolute Gasteiger partial charge is 0.302 e. The van der Waals surface area contributed by atoms with Gasteiger partial charge in [-0.2, -0.15) is 0 Å². The van der Waals surface area contributed by atoms with Gasteiger partial charge >= 0.3 is 5.91 Å². The maximum atomic E-state index is 13.3. The van der Waals surface area contributed by atoms with E-state index in [-0.39, 0.29) is 32.9 Å². The number of aromatic nitrogens is 3. The Bertz CT molecular complexity index is 1530. The summed E-state index contributed by atoms with van der Waals surface area (Å²) in [7, 11) is 1.37. The molecule has 0 aliphatic carbocycles. The van der Waals surface area contributed by atoms with Gasteiger partial charge in [0.25, 0.3) is 5.78 Å². The molecule has 35 heavy (non-hydrogen) atoms. The van der Waals surface area contributed by atoms with E-state index in [1.165, 1.54) is 30.3 Å². The van der Waals surface area contributed by atoms with Gasteiger partial charge in [-0.1, -0.05) is 35.3 Å². The number of aryl methyl sites for hydroxylation is 1. The topological polar surface area (TPSA) is 108 Å². The molecule has 5 rings (SSSR count). The number of ether oxygens (including phenoxy) is 1. The number of rotatable bonds is 4. The number of imidazole rings is 1. The highest BCUT2D eigenvalue weighted by Gasteiger charge is 2.49. The number of Topliss-reactive ketones (excluding diaryl/α,β-unsaturated/α-hetero) is 1. The summed E-state index contributed by atoms with van der Waals surface area (Å²) in [4.78, 5) is 39.9. The number of aliphatic hydroxyl groups is 1. The highest BCUT2D eigenvalue weighted by atomic mass is 35.5. The minimum Gasteiger partial charge on any atom is -0.507 e. The number of aliphatic hydroxyl groups excluding tert-OH is 1. The Balaban J connectivity index is 1.77. The van der Waals surface area contributed by atoms with Gasteiger partial charge in [0.05, 0.1) is 40.0 Å². The Morgan fingerprint density at radius 3 is 2.66 bits per heavy atom. The first-order valence-corrected chi connectivity index (χ1v) is 11.3. The molecule has 2 aromatic heterocycles. The van der Waals surface area contributed by atoms with Crippen molar-refractivity contribution in [2.24, 2.45) is 0 Å². The number of ketones is 1. The Hall–Kier alpha value is -3.88. The standard InChI is InChI=1S/C25H18Cl2N4O4/c1-12-6-7-16-18(9-12)30-25(29-16)31-20(17-5-3-4-8-28-17)19(22(33)24(31)34)21(32)14-10-13(26)11-15(27)23(14)35-2/h3-11,20,32H,1-2H3,(H,29,30)/b21-19+. The van der Waals surface area contributed by atoms with Crippen molar-refractivity contribution in [3.05, 3.63) is 87.2 Å². The van der Waals surface area contributed by atoms with Gasteiger partial charge in [0, 0.05) is 11.2 Å². The maximum Gasteiger partial charge on any atom is 0.302 e. The van der Waals surface area contributed by atoms with Crippen LogP contribution in [0.15, 0.2) is 60.3 Å². The molecule has 1 saturated heterocycles. The number of hydrogen-bond acceptors (Lipinski definition) is 6. The molecule has 2 aromatic carbocycles. The van der Waals surface area contributed by atoms with Crippen molar-refractivity contribution in [1.82, 2.24) is 15.0 Å². The molecule has 8 nitrogen and oxygen atoms in total. The number of aromatic amines is 1. The second-order valence-corrected chi connectivity index (χ2v) is 8.82. The zero-order chi connectivity index (χ0) is 24.9. The number of carbonyl (C=O) groups excluding carboxylic acids is 2. The van der Waals surface area contributed by atoms with Crippen LogP contribution < -0.4 is 9.64 Å². The summed E-state index contributed by atoms with van der Waals surface area (Å²) in [5, 5.41) is 11.7. The zero-order valence-electron chi connectivity index (χ0n) is 18.5. The third kappa shape index (κ3) is 3.80. The summed E-state index contributed by atoms with van der Waals surface area (Å²) in [5.74, 6) is -2.01. The number of methoxy groups -OCH3 is 1. The Morgan fingerprint density at radius 1 is 1.14 bits per heavy atom. The molecular weight excluding hydrogens is 491 g/mol. The molecular formula is C25H18Cl2N4O4. The molecule has 0 spiro atoms. The molecule has 1 aliphatic rings. The number of carbonyl (C=O) groups is 2. The van der Waals surface area contributed by atoms with Crippen molar-refractivity contribution in [2.75, 3.05) is 12.0 Å². The van der Waals surface area contributed by atoms with Crippen LogP contribution in [0.5, 0.6) is 5.75 Å². The molecule has 176 valence electrons. The third-order valence-electron chi connectivity index (χ3n) is 5.73. The first kappa shape index (κ1) is 22.9. The molecule has 1 fully saturated rings. The molecule has 3 heterocycles. The molecule has 0 bridgehead atoms. The minimum atomic E-state index is -1.07. The molecule has 2 N–H and O–H groups in total. The van der Waals surface area contributed by atoms with E-state index >= 15 is 0 Å². The number of hydrogen-bond donors (Lipinski definition) is 2. The number of H-pyrrole nitrogens is 1. The first-order valence-electron chi connectivity index (χ1n) is 10.5. The number of anilines is 1. The summed E-state index contributed by atoms with van der Waals surface area (Å²) < 4.78 is 5.35. The van der Waals surface area contributed by atoms with Crippen LogP contribution in [0.4, 0.5) is 5.95 Å². The van der Waals surface area contributed by atoms with Gasteiger partial charge in [-0.05, 0) is 48.9 Å². The third-order valence-corrected chi connectivity index (χ3v) is 6.23. The summed E-state index contributed by atoms with van der Waals surface area (Å²) in [6.45, 7) is 1.93. The lowest BCUT2D eigenvalue weighted by molar-refractivity contribution is -0.132. The highest BCUT2D eigenvalue weighted by molar-refractivity contribution is 6.51. The highest BCUT2D eigenvalue weighted by Crippen LogP contribution is 2.44. The number of fused-ring (bicyclic) bond motifs is 1. The van der Waals surface area contributed by atoms with Crippen LogP contribution in [0.2, 0.25) is 10.0 Å². The van der Waals surface area contributed by atoms with Crippen LogP contribution in [0, 0.1) is 6.92 Å². The normalized spacial score (nSPS) is 17.4. The Morgan fingerprint density at radius 2 is 1.94 bits per heavy atom. The number of nitrogens with zero attached hydrogens (tertiary/aromatic N) is 3. The fraction of sp³-hybridized carbons (Fsp3) is 0.120. The van der Waals surface area contributed by atoms with Crippen LogP contribution in [0.1, 0.15) is 22.9 Å². The zero-order valence-corrected chi connectivity index (χ0v) is 20.1. The van der Waals surface area contributed by atoms with Gasteiger partial charge < -0.3 is 14.8 Å². The summed E-state index contributed by atoms with van der Waals surface area (Å²) >= 11 is 12.4. The van der Waals surface area contributed by atoms with E-state index in [0.29, 0.717) is 16.7 Å². The quantitative estimate of drug-likeness (QED) is 0.222. The average Bonchev–Trinajstić information content (AvgIpc) is 3.36. The van der Waals surface area contributed by atoms with Gasteiger partial charge in [0.2, 0.25) is 5.95 Å². The van der Waals surface area contributed by atoms with E-state index in [1.807, 2.05) is 25.1 Å². The summed E-state index contributed by atoms with van der Waals surface area (Å²) in [5.41, 5.74) is 2.56. The first-order chi connectivity index (χ1) is 16.8. The fourth-order valence-corrected chi connectivity index (χ4v) is 4.75.